The second-order valence-corrected chi connectivity index (χ2v) is 7.31. The molecule has 3 rings (SSSR count). The molecule has 25 heavy (non-hydrogen) atoms. The Hall–Kier alpha value is -1.73. The van der Waals surface area contributed by atoms with Crippen LogP contribution in [0.1, 0.15) is 40.0 Å². The molecule has 1 saturated carbocycles. The number of fused-ring (bicyclic) bond motifs is 2. The summed E-state index contributed by atoms with van der Waals surface area (Å²) >= 11 is 0. The van der Waals surface area contributed by atoms with E-state index in [-0.39, 0.29) is 12.2 Å². The molecule has 1 spiro atoms. The van der Waals surface area contributed by atoms with Gasteiger partial charge in [-0.1, -0.05) is 6.92 Å². The van der Waals surface area contributed by atoms with Crippen molar-refractivity contribution in [2.45, 2.75) is 51.9 Å². The molecular formula is C18H24O7. The van der Waals surface area contributed by atoms with Gasteiger partial charge in [-0.05, 0) is 31.4 Å². The van der Waals surface area contributed by atoms with Gasteiger partial charge in [-0.3, -0.25) is 14.4 Å². The minimum Gasteiger partial charge on any atom is -0.468 e. The number of esters is 2. The highest BCUT2D eigenvalue weighted by atomic mass is 16.7. The summed E-state index contributed by atoms with van der Waals surface area (Å²) in [7, 11) is 1.29. The Kier molecular flexibility index (Phi) is 4.28. The maximum Gasteiger partial charge on any atom is 0.319 e. The molecule has 0 aromatic heterocycles. The monoisotopic (exact) mass is 352 g/mol. The molecule has 0 N–H and O–H groups in total. The molecule has 0 aromatic carbocycles. The molecule has 3 aliphatic rings. The molecule has 0 bridgehead atoms. The number of methoxy groups -OCH3 is 1. The van der Waals surface area contributed by atoms with Crippen molar-refractivity contribution < 1.29 is 33.3 Å². The third-order valence-corrected chi connectivity index (χ3v) is 5.93. The molecule has 0 aromatic rings. The van der Waals surface area contributed by atoms with Gasteiger partial charge in [-0.15, -0.1) is 0 Å². The summed E-state index contributed by atoms with van der Waals surface area (Å²) in [6.07, 6.45) is 1.91. The van der Waals surface area contributed by atoms with E-state index in [0.717, 1.165) is 0 Å². The Bertz CT molecular complexity index is 646. The smallest absolute Gasteiger partial charge is 0.319 e. The minimum atomic E-state index is -1.27. The van der Waals surface area contributed by atoms with Crippen molar-refractivity contribution in [1.29, 1.82) is 0 Å². The molecule has 2 fully saturated rings. The summed E-state index contributed by atoms with van der Waals surface area (Å²) in [5, 5.41) is 0. The number of ketones is 1. The zero-order valence-corrected chi connectivity index (χ0v) is 15.0. The van der Waals surface area contributed by atoms with Gasteiger partial charge < -0.3 is 18.9 Å². The van der Waals surface area contributed by atoms with E-state index >= 15 is 0 Å². The van der Waals surface area contributed by atoms with E-state index in [0.29, 0.717) is 31.6 Å². The first-order chi connectivity index (χ1) is 11.7. The van der Waals surface area contributed by atoms with Crippen molar-refractivity contribution in [3.8, 4) is 0 Å². The lowest BCUT2D eigenvalue weighted by molar-refractivity contribution is -0.242. The van der Waals surface area contributed by atoms with Gasteiger partial charge >= 0.3 is 11.9 Å². The lowest BCUT2D eigenvalue weighted by Crippen LogP contribution is -2.62. The van der Waals surface area contributed by atoms with Gasteiger partial charge in [0.25, 0.3) is 0 Å². The number of hydrogen-bond donors (Lipinski definition) is 0. The van der Waals surface area contributed by atoms with E-state index in [4.69, 9.17) is 18.9 Å². The minimum absolute atomic E-state index is 0.114. The summed E-state index contributed by atoms with van der Waals surface area (Å²) in [5.74, 6) is -2.27. The van der Waals surface area contributed by atoms with Crippen LogP contribution >= 0.6 is 0 Å². The van der Waals surface area contributed by atoms with Gasteiger partial charge in [0.1, 0.15) is 11.5 Å². The summed E-state index contributed by atoms with van der Waals surface area (Å²) in [6, 6.07) is 0. The lowest BCUT2D eigenvalue weighted by atomic mass is 9.52. The Morgan fingerprint density at radius 3 is 2.44 bits per heavy atom. The SMILES string of the molecule is COC(=O)[C@]1(C)C2=CC(=O)CC3(OCCO3)[C@@]2(C)CC[C@@H]1OC(C)=O. The van der Waals surface area contributed by atoms with Crippen LogP contribution < -0.4 is 0 Å². The maximum atomic E-state index is 12.7. The third-order valence-electron chi connectivity index (χ3n) is 5.93. The van der Waals surface area contributed by atoms with E-state index in [1.54, 1.807) is 6.92 Å². The van der Waals surface area contributed by atoms with Crippen LogP contribution in [0.4, 0.5) is 0 Å². The number of ether oxygens (including phenoxy) is 4. The summed E-state index contributed by atoms with van der Waals surface area (Å²) in [5.41, 5.74) is -1.40. The zero-order chi connectivity index (χ0) is 18.5. The summed E-state index contributed by atoms with van der Waals surface area (Å²) < 4.78 is 22.3. The first kappa shape index (κ1) is 18.1. The van der Waals surface area contributed by atoms with Crippen LogP contribution in [0.3, 0.4) is 0 Å². The Morgan fingerprint density at radius 1 is 1.24 bits per heavy atom. The first-order valence-electron chi connectivity index (χ1n) is 8.49. The predicted molar refractivity (Wildman–Crippen MR) is 85.4 cm³/mol. The van der Waals surface area contributed by atoms with Crippen LogP contribution in [0.15, 0.2) is 11.6 Å². The number of rotatable bonds is 2. The van der Waals surface area contributed by atoms with Crippen LogP contribution in [-0.2, 0) is 33.3 Å². The van der Waals surface area contributed by atoms with Crippen molar-refractivity contribution in [2.75, 3.05) is 20.3 Å². The third kappa shape index (κ3) is 2.44. The highest BCUT2D eigenvalue weighted by molar-refractivity contribution is 5.95. The fraction of sp³-hybridized carbons (Fsp3) is 0.722. The van der Waals surface area contributed by atoms with E-state index < -0.39 is 34.7 Å². The highest BCUT2D eigenvalue weighted by Gasteiger charge is 2.67. The first-order valence-corrected chi connectivity index (χ1v) is 8.49. The molecule has 1 heterocycles. The molecule has 1 saturated heterocycles. The van der Waals surface area contributed by atoms with Crippen LogP contribution in [0.25, 0.3) is 0 Å². The normalized spacial score (nSPS) is 36.6. The molecule has 1 aliphatic heterocycles. The molecular weight excluding hydrogens is 328 g/mol. The van der Waals surface area contributed by atoms with E-state index in [1.807, 2.05) is 6.92 Å². The summed E-state index contributed by atoms with van der Waals surface area (Å²) in [4.78, 5) is 36.7. The average Bonchev–Trinajstić information content (AvgIpc) is 3.02. The fourth-order valence-corrected chi connectivity index (χ4v) is 4.64. The zero-order valence-electron chi connectivity index (χ0n) is 15.0. The van der Waals surface area contributed by atoms with Crippen molar-refractivity contribution in [1.82, 2.24) is 0 Å². The molecule has 2 aliphatic carbocycles. The molecule has 0 radical (unpaired) electrons. The van der Waals surface area contributed by atoms with Crippen LogP contribution in [0.2, 0.25) is 0 Å². The Morgan fingerprint density at radius 2 is 1.88 bits per heavy atom. The van der Waals surface area contributed by atoms with Crippen LogP contribution in [-0.4, -0.2) is 49.9 Å². The highest BCUT2D eigenvalue weighted by Crippen LogP contribution is 2.61. The van der Waals surface area contributed by atoms with Gasteiger partial charge in [-0.2, -0.15) is 0 Å². The van der Waals surface area contributed by atoms with Crippen molar-refractivity contribution in [2.24, 2.45) is 10.8 Å². The molecule has 0 unspecified atom stereocenters. The maximum absolute atomic E-state index is 12.7. The van der Waals surface area contributed by atoms with Gasteiger partial charge in [0.2, 0.25) is 0 Å². The quantitative estimate of drug-likeness (QED) is 0.697. The van der Waals surface area contributed by atoms with Gasteiger partial charge in [0.05, 0.1) is 26.7 Å². The Balaban J connectivity index is 2.15. The molecule has 7 heteroatoms. The molecule has 7 nitrogen and oxygen atoms in total. The number of allylic oxidation sites excluding steroid dienone is 1. The van der Waals surface area contributed by atoms with Gasteiger partial charge in [-0.25, -0.2) is 0 Å². The largest absolute Gasteiger partial charge is 0.468 e. The van der Waals surface area contributed by atoms with Crippen LogP contribution in [0.5, 0.6) is 0 Å². The fourth-order valence-electron chi connectivity index (χ4n) is 4.64. The van der Waals surface area contributed by atoms with Crippen molar-refractivity contribution in [3.63, 3.8) is 0 Å². The number of carbonyl (C=O) groups excluding carboxylic acids is 3. The second kappa shape index (κ2) is 5.92. The van der Waals surface area contributed by atoms with E-state index in [2.05, 4.69) is 0 Å². The molecule has 138 valence electrons. The van der Waals surface area contributed by atoms with Gasteiger partial charge in [0, 0.05) is 12.3 Å². The molecule has 3 atom stereocenters. The standard InChI is InChI=1S/C18H24O7/c1-11(19)25-14-5-6-16(2)13(17(14,3)15(21)22-4)9-12(20)10-18(16)23-7-8-24-18/h9,14H,5-8,10H2,1-4H3/t14-,16-,17+/m0/s1. The average molecular weight is 352 g/mol. The number of carbonyl (C=O) groups is 3. The second-order valence-electron chi connectivity index (χ2n) is 7.31. The van der Waals surface area contributed by atoms with E-state index in [1.165, 1.54) is 20.1 Å². The number of hydrogen-bond acceptors (Lipinski definition) is 7. The summed E-state index contributed by atoms with van der Waals surface area (Å²) in [6.45, 7) is 5.71. The van der Waals surface area contributed by atoms with Crippen molar-refractivity contribution >= 4 is 17.7 Å². The molecule has 0 amide bonds. The van der Waals surface area contributed by atoms with Crippen LogP contribution in [0, 0.1) is 10.8 Å². The lowest BCUT2D eigenvalue weighted by Gasteiger charge is -2.56. The topological polar surface area (TPSA) is 88.1 Å². The van der Waals surface area contributed by atoms with Gasteiger partial charge in [0.15, 0.2) is 11.6 Å². The van der Waals surface area contributed by atoms with Crippen molar-refractivity contribution in [3.05, 3.63) is 11.6 Å². The predicted octanol–water partition coefficient (Wildman–Crippen LogP) is 1.54. The Labute approximate surface area is 146 Å². The van der Waals surface area contributed by atoms with E-state index in [9.17, 15) is 14.4 Å².